The lowest BCUT2D eigenvalue weighted by atomic mass is 10.1. The minimum atomic E-state index is -0.214. The van der Waals surface area contributed by atoms with Gasteiger partial charge in [-0.25, -0.2) is 4.79 Å². The van der Waals surface area contributed by atoms with E-state index in [-0.39, 0.29) is 11.7 Å². The van der Waals surface area contributed by atoms with Crippen LogP contribution in [-0.4, -0.2) is 33.3 Å². The van der Waals surface area contributed by atoms with Gasteiger partial charge in [0, 0.05) is 25.2 Å². The first kappa shape index (κ1) is 16.4. The van der Waals surface area contributed by atoms with E-state index < -0.39 is 0 Å². The second-order valence-electron chi connectivity index (χ2n) is 6.66. The van der Waals surface area contributed by atoms with Crippen molar-refractivity contribution in [2.75, 3.05) is 18.0 Å². The van der Waals surface area contributed by atoms with Crippen LogP contribution in [0.15, 0.2) is 47.4 Å². The number of hydrogen-bond donors (Lipinski definition) is 1. The molecule has 7 nitrogen and oxygen atoms in total. The molecular formula is C19H20N6O. The van der Waals surface area contributed by atoms with E-state index in [9.17, 15) is 10.1 Å². The SMILES string of the molecule is N#Cc1ccccc1Cn1c(N2CCC[C@@H](N)C2)cc2ccnn2c1=O. The van der Waals surface area contributed by atoms with Gasteiger partial charge in [0.15, 0.2) is 0 Å². The zero-order valence-corrected chi connectivity index (χ0v) is 14.4. The fraction of sp³-hybridized carbons (Fsp3) is 0.316. The van der Waals surface area contributed by atoms with Crippen LogP contribution in [-0.2, 0) is 6.54 Å². The number of nitrogens with two attached hydrogens (primary N) is 1. The number of aromatic nitrogens is 3. The highest BCUT2D eigenvalue weighted by atomic mass is 16.2. The summed E-state index contributed by atoms with van der Waals surface area (Å²) < 4.78 is 3.08. The number of hydrogen-bond acceptors (Lipinski definition) is 5. The van der Waals surface area contributed by atoms with Gasteiger partial charge < -0.3 is 10.6 Å². The van der Waals surface area contributed by atoms with Gasteiger partial charge in [-0.1, -0.05) is 18.2 Å². The second kappa shape index (κ2) is 6.65. The standard InChI is InChI=1S/C19H20N6O/c20-11-14-4-1-2-5-15(14)12-24-18(23-9-3-6-16(21)13-23)10-17-7-8-22-25(17)19(24)26/h1-2,4-5,7-8,10,16H,3,6,9,12-13,21H2/t16-/m1/s1. The molecule has 0 spiro atoms. The predicted molar refractivity (Wildman–Crippen MR) is 99.1 cm³/mol. The van der Waals surface area contributed by atoms with Crippen LogP contribution in [0.3, 0.4) is 0 Å². The average molecular weight is 348 g/mol. The number of rotatable bonds is 3. The molecule has 1 saturated heterocycles. The molecule has 0 bridgehead atoms. The minimum Gasteiger partial charge on any atom is -0.356 e. The van der Waals surface area contributed by atoms with Gasteiger partial charge in [-0.15, -0.1) is 0 Å². The summed E-state index contributed by atoms with van der Waals surface area (Å²) >= 11 is 0. The van der Waals surface area contributed by atoms with E-state index in [1.54, 1.807) is 16.8 Å². The smallest absolute Gasteiger partial charge is 0.351 e. The molecule has 1 atom stereocenters. The van der Waals surface area contributed by atoms with Crippen molar-refractivity contribution in [2.24, 2.45) is 5.73 Å². The molecule has 0 amide bonds. The Labute approximate surface area is 150 Å². The zero-order chi connectivity index (χ0) is 18.1. The van der Waals surface area contributed by atoms with Crippen molar-refractivity contribution in [3.8, 4) is 6.07 Å². The summed E-state index contributed by atoms with van der Waals surface area (Å²) in [6.45, 7) is 1.89. The second-order valence-corrected chi connectivity index (χ2v) is 6.66. The third kappa shape index (κ3) is 2.85. The Balaban J connectivity index is 1.86. The Bertz CT molecular complexity index is 1040. The molecule has 3 aromatic rings. The molecule has 0 unspecified atom stereocenters. The summed E-state index contributed by atoms with van der Waals surface area (Å²) in [5.74, 6) is 0.825. The normalized spacial score (nSPS) is 17.4. The molecule has 7 heteroatoms. The first-order valence-corrected chi connectivity index (χ1v) is 8.73. The molecule has 4 rings (SSSR count). The Morgan fingerprint density at radius 3 is 2.96 bits per heavy atom. The molecule has 0 saturated carbocycles. The highest BCUT2D eigenvalue weighted by Crippen LogP contribution is 2.21. The number of fused-ring (bicyclic) bond motifs is 1. The monoisotopic (exact) mass is 348 g/mol. The summed E-state index contributed by atoms with van der Waals surface area (Å²) in [5, 5.41) is 13.5. The maximum Gasteiger partial charge on any atom is 0.351 e. The lowest BCUT2D eigenvalue weighted by Gasteiger charge is -2.34. The molecule has 3 heterocycles. The van der Waals surface area contributed by atoms with Gasteiger partial charge in [0.05, 0.1) is 29.9 Å². The number of anilines is 1. The van der Waals surface area contributed by atoms with E-state index in [0.717, 1.165) is 36.3 Å². The molecule has 1 aromatic carbocycles. The molecule has 0 aliphatic carbocycles. The van der Waals surface area contributed by atoms with E-state index in [1.165, 1.54) is 4.52 Å². The summed E-state index contributed by atoms with van der Waals surface area (Å²) in [6.07, 6.45) is 3.61. The zero-order valence-electron chi connectivity index (χ0n) is 14.4. The molecule has 26 heavy (non-hydrogen) atoms. The van der Waals surface area contributed by atoms with Gasteiger partial charge in [-0.2, -0.15) is 14.9 Å². The molecule has 1 aliphatic rings. The van der Waals surface area contributed by atoms with Crippen LogP contribution >= 0.6 is 0 Å². The molecule has 2 N–H and O–H groups in total. The predicted octanol–water partition coefficient (Wildman–Crippen LogP) is 1.34. The van der Waals surface area contributed by atoms with Crippen molar-refractivity contribution in [3.05, 3.63) is 64.2 Å². The molecule has 2 aromatic heterocycles. The molecule has 1 fully saturated rings. The van der Waals surface area contributed by atoms with Crippen molar-refractivity contribution in [2.45, 2.75) is 25.4 Å². The van der Waals surface area contributed by atoms with Gasteiger partial charge in [-0.05, 0) is 30.5 Å². The lowest BCUT2D eigenvalue weighted by Crippen LogP contribution is -2.45. The van der Waals surface area contributed by atoms with E-state index in [2.05, 4.69) is 16.1 Å². The Morgan fingerprint density at radius 1 is 1.31 bits per heavy atom. The quantitative estimate of drug-likeness (QED) is 0.771. The number of nitrogens with zero attached hydrogens (tertiary/aromatic N) is 5. The summed E-state index contributed by atoms with van der Waals surface area (Å²) in [4.78, 5) is 15.2. The van der Waals surface area contributed by atoms with Crippen LogP contribution in [0.5, 0.6) is 0 Å². The third-order valence-corrected chi connectivity index (χ3v) is 4.89. The van der Waals surface area contributed by atoms with Gasteiger partial charge >= 0.3 is 5.69 Å². The van der Waals surface area contributed by atoms with Gasteiger partial charge in [0.2, 0.25) is 0 Å². The summed E-state index contributed by atoms with van der Waals surface area (Å²) in [7, 11) is 0. The number of piperidine rings is 1. The van der Waals surface area contributed by atoms with Crippen LogP contribution in [0, 0.1) is 11.3 Å². The van der Waals surface area contributed by atoms with Crippen molar-refractivity contribution >= 4 is 11.3 Å². The van der Waals surface area contributed by atoms with Crippen LogP contribution in [0.4, 0.5) is 5.82 Å². The molecule has 0 radical (unpaired) electrons. The Hall–Kier alpha value is -3.11. The van der Waals surface area contributed by atoms with Gasteiger partial charge in [0.25, 0.3) is 0 Å². The number of nitriles is 1. The Kier molecular flexibility index (Phi) is 4.19. The number of benzene rings is 1. The minimum absolute atomic E-state index is 0.0971. The Morgan fingerprint density at radius 2 is 2.15 bits per heavy atom. The maximum absolute atomic E-state index is 13.1. The summed E-state index contributed by atoms with van der Waals surface area (Å²) in [5.41, 5.74) is 8.08. The largest absolute Gasteiger partial charge is 0.356 e. The first-order chi connectivity index (χ1) is 12.7. The topological polar surface area (TPSA) is 92.3 Å². The summed E-state index contributed by atoms with van der Waals surface area (Å²) in [6, 6.07) is 13.4. The van der Waals surface area contributed by atoms with E-state index >= 15 is 0 Å². The maximum atomic E-state index is 13.1. The highest BCUT2D eigenvalue weighted by Gasteiger charge is 2.22. The lowest BCUT2D eigenvalue weighted by molar-refractivity contribution is 0.494. The van der Waals surface area contributed by atoms with Crippen LogP contribution in [0.25, 0.3) is 5.52 Å². The molecular weight excluding hydrogens is 328 g/mol. The van der Waals surface area contributed by atoms with Crippen LogP contribution in [0.1, 0.15) is 24.0 Å². The highest BCUT2D eigenvalue weighted by molar-refractivity contribution is 5.56. The van der Waals surface area contributed by atoms with E-state index in [0.29, 0.717) is 18.7 Å². The van der Waals surface area contributed by atoms with Gasteiger partial charge in [-0.3, -0.25) is 4.57 Å². The average Bonchev–Trinajstić information content (AvgIpc) is 3.13. The van der Waals surface area contributed by atoms with Crippen LogP contribution < -0.4 is 16.3 Å². The van der Waals surface area contributed by atoms with Crippen LogP contribution in [0.2, 0.25) is 0 Å². The molecule has 132 valence electrons. The van der Waals surface area contributed by atoms with E-state index in [4.69, 9.17) is 5.73 Å². The van der Waals surface area contributed by atoms with Crippen molar-refractivity contribution in [1.82, 2.24) is 14.2 Å². The fourth-order valence-corrected chi connectivity index (χ4v) is 3.57. The fourth-order valence-electron chi connectivity index (χ4n) is 3.57. The molecule has 1 aliphatic heterocycles. The third-order valence-electron chi connectivity index (χ3n) is 4.89. The van der Waals surface area contributed by atoms with Crippen molar-refractivity contribution in [1.29, 1.82) is 5.26 Å². The van der Waals surface area contributed by atoms with Gasteiger partial charge in [0.1, 0.15) is 5.82 Å². The first-order valence-electron chi connectivity index (χ1n) is 8.73. The van der Waals surface area contributed by atoms with Crippen molar-refractivity contribution < 1.29 is 0 Å². The van der Waals surface area contributed by atoms with Crippen molar-refractivity contribution in [3.63, 3.8) is 0 Å². The van der Waals surface area contributed by atoms with E-state index in [1.807, 2.05) is 30.3 Å².